The fraction of sp³-hybridized carbons (Fsp3) is 0.417. The van der Waals surface area contributed by atoms with E-state index in [1.165, 1.54) is 0 Å². The quantitative estimate of drug-likeness (QED) is 0.606. The molecule has 6 nitrogen and oxygen atoms in total. The van der Waals surface area contributed by atoms with E-state index in [-0.39, 0.29) is 18.7 Å². The van der Waals surface area contributed by atoms with Crippen LogP contribution in [0.15, 0.2) is 4.52 Å². The van der Waals surface area contributed by atoms with Gasteiger partial charge in [0.15, 0.2) is 6.61 Å². The zero-order valence-electron chi connectivity index (χ0n) is 10.3. The molecule has 1 amide bonds. The summed E-state index contributed by atoms with van der Waals surface area (Å²) in [6, 6.07) is 0. The number of amides is 1. The maximum absolute atomic E-state index is 11.7. The molecule has 0 aliphatic rings. The van der Waals surface area contributed by atoms with E-state index in [1.807, 2.05) is 6.92 Å². The number of aromatic nitrogens is 1. The van der Waals surface area contributed by atoms with E-state index in [0.29, 0.717) is 17.9 Å². The first kappa shape index (κ1) is 13.8. The average molecular weight is 250 g/mol. The van der Waals surface area contributed by atoms with Crippen LogP contribution in [0.3, 0.4) is 0 Å². The minimum atomic E-state index is -0.624. The maximum atomic E-state index is 11.7. The largest absolute Gasteiger partial charge is 0.452 e. The molecular formula is C12H14N2O4. The molecule has 0 atom stereocenters. The third-order valence-electron chi connectivity index (χ3n) is 2.19. The summed E-state index contributed by atoms with van der Waals surface area (Å²) in [5.74, 6) is 1.55. The van der Waals surface area contributed by atoms with Crippen molar-refractivity contribution < 1.29 is 18.8 Å². The lowest BCUT2D eigenvalue weighted by molar-refractivity contribution is -0.123. The van der Waals surface area contributed by atoms with Crippen LogP contribution in [0, 0.1) is 19.3 Å². The fourth-order valence-corrected chi connectivity index (χ4v) is 1.32. The van der Waals surface area contributed by atoms with Crippen molar-refractivity contribution in [1.82, 2.24) is 10.5 Å². The third kappa shape index (κ3) is 3.35. The Morgan fingerprint density at radius 3 is 2.89 bits per heavy atom. The van der Waals surface area contributed by atoms with Crippen molar-refractivity contribution in [2.75, 3.05) is 13.2 Å². The van der Waals surface area contributed by atoms with Crippen molar-refractivity contribution >= 4 is 11.9 Å². The molecule has 1 N–H and O–H groups in total. The molecule has 1 rings (SSSR count). The van der Waals surface area contributed by atoms with Crippen LogP contribution in [0.2, 0.25) is 0 Å². The number of ether oxygens (including phenoxy) is 1. The van der Waals surface area contributed by atoms with Crippen molar-refractivity contribution in [3.63, 3.8) is 0 Å². The molecule has 0 spiro atoms. The van der Waals surface area contributed by atoms with Gasteiger partial charge in [-0.05, 0) is 13.3 Å². The molecule has 1 aromatic rings. The number of hydrogen-bond donors (Lipinski definition) is 1. The SMILES string of the molecule is C#CCNC(=O)COC(=O)c1c(CC)noc1C. The van der Waals surface area contributed by atoms with Crippen LogP contribution in [-0.2, 0) is 16.0 Å². The number of terminal acetylenes is 1. The summed E-state index contributed by atoms with van der Waals surface area (Å²) in [6.45, 7) is 3.17. The van der Waals surface area contributed by atoms with E-state index in [9.17, 15) is 9.59 Å². The van der Waals surface area contributed by atoms with Crippen LogP contribution in [-0.4, -0.2) is 30.2 Å². The number of esters is 1. The fourth-order valence-electron chi connectivity index (χ4n) is 1.32. The van der Waals surface area contributed by atoms with Crippen LogP contribution in [0.4, 0.5) is 0 Å². The monoisotopic (exact) mass is 250 g/mol. The van der Waals surface area contributed by atoms with Gasteiger partial charge in [-0.3, -0.25) is 4.79 Å². The molecule has 0 bridgehead atoms. The van der Waals surface area contributed by atoms with E-state index < -0.39 is 11.9 Å². The van der Waals surface area contributed by atoms with Crippen LogP contribution in [0.5, 0.6) is 0 Å². The molecule has 0 aliphatic carbocycles. The number of rotatable bonds is 5. The van der Waals surface area contributed by atoms with Crippen LogP contribution in [0.1, 0.15) is 28.7 Å². The van der Waals surface area contributed by atoms with Crippen molar-refractivity contribution in [1.29, 1.82) is 0 Å². The lowest BCUT2D eigenvalue weighted by Crippen LogP contribution is -2.29. The number of nitrogens with one attached hydrogen (secondary N) is 1. The van der Waals surface area contributed by atoms with Crippen LogP contribution < -0.4 is 5.32 Å². The Morgan fingerprint density at radius 1 is 1.56 bits per heavy atom. The molecule has 0 saturated heterocycles. The number of nitrogens with zero attached hydrogens (tertiary/aromatic N) is 1. The van der Waals surface area contributed by atoms with Gasteiger partial charge < -0.3 is 14.6 Å². The predicted molar refractivity (Wildman–Crippen MR) is 62.7 cm³/mol. The van der Waals surface area contributed by atoms with E-state index in [2.05, 4.69) is 16.4 Å². The van der Waals surface area contributed by atoms with Gasteiger partial charge in [-0.25, -0.2) is 4.79 Å². The minimum absolute atomic E-state index is 0.100. The van der Waals surface area contributed by atoms with Crippen molar-refractivity contribution in [3.8, 4) is 12.3 Å². The summed E-state index contributed by atoms with van der Waals surface area (Å²) < 4.78 is 9.75. The number of carbonyl (C=O) groups is 2. The first-order chi connectivity index (χ1) is 8.60. The van der Waals surface area contributed by atoms with Gasteiger partial charge in [-0.1, -0.05) is 18.0 Å². The molecule has 1 aromatic heterocycles. The van der Waals surface area contributed by atoms with E-state index in [1.54, 1.807) is 6.92 Å². The normalized spacial score (nSPS) is 9.61. The molecule has 0 radical (unpaired) electrons. The van der Waals surface area contributed by atoms with Crippen molar-refractivity contribution in [3.05, 3.63) is 17.0 Å². The van der Waals surface area contributed by atoms with Gasteiger partial charge in [0, 0.05) is 0 Å². The smallest absolute Gasteiger partial charge is 0.344 e. The highest BCUT2D eigenvalue weighted by Gasteiger charge is 2.21. The Morgan fingerprint density at radius 2 is 2.28 bits per heavy atom. The van der Waals surface area contributed by atoms with Gasteiger partial charge >= 0.3 is 5.97 Å². The molecule has 18 heavy (non-hydrogen) atoms. The maximum Gasteiger partial charge on any atom is 0.344 e. The molecule has 1 heterocycles. The second kappa shape index (κ2) is 6.45. The first-order valence-electron chi connectivity index (χ1n) is 5.42. The number of hydrogen-bond acceptors (Lipinski definition) is 5. The molecular weight excluding hydrogens is 236 g/mol. The topological polar surface area (TPSA) is 81.4 Å². The van der Waals surface area contributed by atoms with E-state index in [0.717, 1.165) is 0 Å². The van der Waals surface area contributed by atoms with Crippen molar-refractivity contribution in [2.24, 2.45) is 0 Å². The van der Waals surface area contributed by atoms with Crippen molar-refractivity contribution in [2.45, 2.75) is 20.3 Å². The molecule has 6 heteroatoms. The molecule has 0 aromatic carbocycles. The Balaban J connectivity index is 2.58. The van der Waals surface area contributed by atoms with Crippen LogP contribution in [0.25, 0.3) is 0 Å². The molecule has 0 fully saturated rings. The standard InChI is InChI=1S/C12H14N2O4/c1-4-6-13-10(15)7-17-12(16)11-8(3)18-14-9(11)5-2/h1H,5-7H2,2-3H3,(H,13,15). The van der Waals surface area contributed by atoms with Crippen LogP contribution >= 0.6 is 0 Å². The Hall–Kier alpha value is -2.29. The highest BCUT2D eigenvalue weighted by molar-refractivity contribution is 5.93. The Bertz CT molecular complexity index is 485. The van der Waals surface area contributed by atoms with Gasteiger partial charge in [0.05, 0.1) is 12.2 Å². The summed E-state index contributed by atoms with van der Waals surface area (Å²) in [5, 5.41) is 6.11. The lowest BCUT2D eigenvalue weighted by Gasteiger charge is -2.04. The summed E-state index contributed by atoms with van der Waals surface area (Å²) in [4.78, 5) is 22.9. The van der Waals surface area contributed by atoms with E-state index >= 15 is 0 Å². The number of aryl methyl sites for hydroxylation is 2. The van der Waals surface area contributed by atoms with Gasteiger partial charge in [0.1, 0.15) is 11.3 Å². The van der Waals surface area contributed by atoms with Gasteiger partial charge in [-0.2, -0.15) is 0 Å². The lowest BCUT2D eigenvalue weighted by atomic mass is 10.1. The van der Waals surface area contributed by atoms with E-state index in [4.69, 9.17) is 15.7 Å². The second-order valence-electron chi connectivity index (χ2n) is 3.47. The van der Waals surface area contributed by atoms with Gasteiger partial charge in [-0.15, -0.1) is 6.42 Å². The molecule has 0 unspecified atom stereocenters. The first-order valence-corrected chi connectivity index (χ1v) is 5.42. The summed E-state index contributed by atoms with van der Waals surface area (Å²) >= 11 is 0. The highest BCUT2D eigenvalue weighted by Crippen LogP contribution is 2.14. The second-order valence-corrected chi connectivity index (χ2v) is 3.47. The van der Waals surface area contributed by atoms with Gasteiger partial charge in [0.25, 0.3) is 5.91 Å². The highest BCUT2D eigenvalue weighted by atomic mass is 16.5. The summed E-state index contributed by atoms with van der Waals surface area (Å²) in [6.07, 6.45) is 5.52. The minimum Gasteiger partial charge on any atom is -0.452 e. The summed E-state index contributed by atoms with van der Waals surface area (Å²) in [5.41, 5.74) is 0.795. The van der Waals surface area contributed by atoms with Gasteiger partial charge in [0.2, 0.25) is 0 Å². The zero-order valence-corrected chi connectivity index (χ0v) is 10.3. The average Bonchev–Trinajstić information content (AvgIpc) is 2.74. The predicted octanol–water partition coefficient (Wildman–Crippen LogP) is 0.452. The molecule has 96 valence electrons. The number of carbonyl (C=O) groups excluding carboxylic acids is 2. The molecule has 0 aliphatic heterocycles. The Kier molecular flexibility index (Phi) is 4.93. The zero-order chi connectivity index (χ0) is 13.5. The summed E-state index contributed by atoms with van der Waals surface area (Å²) in [7, 11) is 0. The third-order valence-corrected chi connectivity index (χ3v) is 2.19. The molecule has 0 saturated carbocycles. The Labute approximate surface area is 105 Å².